The van der Waals surface area contributed by atoms with Crippen LogP contribution in [0.15, 0.2) is 0 Å². The largest absolute Gasteiger partial charge is 0.469 e. The Morgan fingerprint density at radius 3 is 2.47 bits per heavy atom. The Balaban J connectivity index is 1.86. The van der Waals surface area contributed by atoms with E-state index < -0.39 is 0 Å². The van der Waals surface area contributed by atoms with Gasteiger partial charge in [-0.2, -0.15) is 0 Å². The molecule has 0 aromatic heterocycles. The standard InChI is InChI=1S/C14H24N2O3/c1-10-4-3-7-15-12(10)13(17)16-8-5-11(6-9-16)14(18)19-2/h10-12,15H,3-9H2,1-2H3. The van der Waals surface area contributed by atoms with Crippen LogP contribution in [0.2, 0.25) is 0 Å². The minimum Gasteiger partial charge on any atom is -0.469 e. The van der Waals surface area contributed by atoms with E-state index in [0.29, 0.717) is 19.0 Å². The van der Waals surface area contributed by atoms with Gasteiger partial charge in [-0.15, -0.1) is 0 Å². The van der Waals surface area contributed by atoms with E-state index in [0.717, 1.165) is 32.2 Å². The molecule has 0 radical (unpaired) electrons. The van der Waals surface area contributed by atoms with Crippen molar-refractivity contribution in [3.63, 3.8) is 0 Å². The number of nitrogens with one attached hydrogen (secondary N) is 1. The molecule has 108 valence electrons. The highest BCUT2D eigenvalue weighted by Crippen LogP contribution is 2.22. The maximum Gasteiger partial charge on any atom is 0.308 e. The number of likely N-dealkylation sites (tertiary alicyclic amines) is 1. The van der Waals surface area contributed by atoms with Gasteiger partial charge >= 0.3 is 5.97 Å². The quantitative estimate of drug-likeness (QED) is 0.752. The number of ether oxygens (including phenoxy) is 1. The molecule has 1 N–H and O–H groups in total. The smallest absolute Gasteiger partial charge is 0.308 e. The van der Waals surface area contributed by atoms with Crippen molar-refractivity contribution in [3.8, 4) is 0 Å². The fraction of sp³-hybridized carbons (Fsp3) is 0.857. The lowest BCUT2D eigenvalue weighted by Gasteiger charge is -2.37. The Bertz CT molecular complexity index is 338. The van der Waals surface area contributed by atoms with Gasteiger partial charge in [-0.3, -0.25) is 9.59 Å². The molecule has 2 heterocycles. The molecule has 2 rings (SSSR count). The zero-order chi connectivity index (χ0) is 13.8. The second-order valence-corrected chi connectivity index (χ2v) is 5.67. The summed E-state index contributed by atoms with van der Waals surface area (Å²) >= 11 is 0. The summed E-state index contributed by atoms with van der Waals surface area (Å²) in [6, 6.07) is -0.0385. The monoisotopic (exact) mass is 268 g/mol. The van der Waals surface area contributed by atoms with Gasteiger partial charge in [0.25, 0.3) is 0 Å². The number of hydrogen-bond acceptors (Lipinski definition) is 4. The molecule has 0 spiro atoms. The first kappa shape index (κ1) is 14.3. The van der Waals surface area contributed by atoms with Crippen LogP contribution in [0.25, 0.3) is 0 Å². The zero-order valence-corrected chi connectivity index (χ0v) is 11.9. The summed E-state index contributed by atoms with van der Waals surface area (Å²) in [6.07, 6.45) is 3.70. The first-order chi connectivity index (χ1) is 9.13. The van der Waals surface area contributed by atoms with E-state index in [1.165, 1.54) is 7.11 Å². The van der Waals surface area contributed by atoms with Gasteiger partial charge in [-0.05, 0) is 38.1 Å². The van der Waals surface area contributed by atoms with Crippen molar-refractivity contribution in [2.75, 3.05) is 26.7 Å². The van der Waals surface area contributed by atoms with Crippen LogP contribution in [-0.4, -0.2) is 49.6 Å². The molecule has 2 saturated heterocycles. The second kappa shape index (κ2) is 6.37. The van der Waals surface area contributed by atoms with Gasteiger partial charge in [0.1, 0.15) is 0 Å². The molecule has 2 unspecified atom stereocenters. The third-order valence-electron chi connectivity index (χ3n) is 4.38. The van der Waals surface area contributed by atoms with Gasteiger partial charge in [0.2, 0.25) is 5.91 Å². The molecular weight excluding hydrogens is 244 g/mol. The molecule has 2 fully saturated rings. The van der Waals surface area contributed by atoms with Crippen molar-refractivity contribution < 1.29 is 14.3 Å². The molecule has 0 aromatic carbocycles. The minimum absolute atomic E-state index is 0.0363. The molecule has 0 aromatic rings. The normalized spacial score (nSPS) is 29.1. The minimum atomic E-state index is -0.142. The number of amides is 1. The van der Waals surface area contributed by atoms with Crippen LogP contribution >= 0.6 is 0 Å². The third kappa shape index (κ3) is 3.26. The van der Waals surface area contributed by atoms with Crippen molar-refractivity contribution >= 4 is 11.9 Å². The average molecular weight is 268 g/mol. The molecule has 0 saturated carbocycles. The Morgan fingerprint density at radius 2 is 1.89 bits per heavy atom. The summed E-state index contributed by atoms with van der Waals surface area (Å²) in [4.78, 5) is 25.8. The van der Waals surface area contributed by atoms with Crippen LogP contribution in [-0.2, 0) is 14.3 Å². The van der Waals surface area contributed by atoms with Crippen molar-refractivity contribution in [1.29, 1.82) is 0 Å². The first-order valence-corrected chi connectivity index (χ1v) is 7.23. The maximum absolute atomic E-state index is 12.5. The Hall–Kier alpha value is -1.10. The number of esters is 1. The fourth-order valence-corrected chi connectivity index (χ4v) is 3.08. The van der Waals surface area contributed by atoms with Gasteiger partial charge in [0.15, 0.2) is 0 Å². The van der Waals surface area contributed by atoms with Crippen molar-refractivity contribution in [2.24, 2.45) is 11.8 Å². The second-order valence-electron chi connectivity index (χ2n) is 5.67. The first-order valence-electron chi connectivity index (χ1n) is 7.23. The lowest BCUT2D eigenvalue weighted by atomic mass is 9.90. The average Bonchev–Trinajstić information content (AvgIpc) is 2.46. The number of nitrogens with zero attached hydrogens (tertiary/aromatic N) is 1. The molecule has 0 aliphatic carbocycles. The fourth-order valence-electron chi connectivity index (χ4n) is 3.08. The van der Waals surface area contributed by atoms with Crippen molar-refractivity contribution in [2.45, 2.75) is 38.6 Å². The van der Waals surface area contributed by atoms with E-state index in [-0.39, 0.29) is 23.8 Å². The van der Waals surface area contributed by atoms with Crippen LogP contribution < -0.4 is 5.32 Å². The van der Waals surface area contributed by atoms with Crippen LogP contribution in [0, 0.1) is 11.8 Å². The van der Waals surface area contributed by atoms with E-state index in [4.69, 9.17) is 4.74 Å². The summed E-state index contributed by atoms with van der Waals surface area (Å²) < 4.78 is 4.76. The van der Waals surface area contributed by atoms with Gasteiger partial charge in [0, 0.05) is 13.1 Å². The van der Waals surface area contributed by atoms with Gasteiger partial charge in [0.05, 0.1) is 19.1 Å². The number of rotatable bonds is 2. The number of carbonyl (C=O) groups is 2. The van der Waals surface area contributed by atoms with E-state index >= 15 is 0 Å². The highest BCUT2D eigenvalue weighted by molar-refractivity contribution is 5.82. The molecule has 5 heteroatoms. The van der Waals surface area contributed by atoms with E-state index in [9.17, 15) is 9.59 Å². The number of methoxy groups -OCH3 is 1. The summed E-state index contributed by atoms with van der Waals surface area (Å²) in [6.45, 7) is 4.41. The molecule has 2 aliphatic rings. The van der Waals surface area contributed by atoms with Gasteiger partial charge in [-0.25, -0.2) is 0 Å². The highest BCUT2D eigenvalue weighted by Gasteiger charge is 2.34. The molecule has 2 atom stereocenters. The summed E-state index contributed by atoms with van der Waals surface area (Å²) in [5, 5.41) is 3.33. The molecule has 0 bridgehead atoms. The number of piperidine rings is 2. The SMILES string of the molecule is COC(=O)C1CCN(C(=O)C2NCCCC2C)CC1. The molecule has 19 heavy (non-hydrogen) atoms. The van der Waals surface area contributed by atoms with Crippen LogP contribution in [0.5, 0.6) is 0 Å². The molecular formula is C14H24N2O3. The Morgan fingerprint density at radius 1 is 1.21 bits per heavy atom. The third-order valence-corrected chi connectivity index (χ3v) is 4.38. The van der Waals surface area contributed by atoms with E-state index in [2.05, 4.69) is 12.2 Å². The molecule has 2 aliphatic heterocycles. The summed E-state index contributed by atoms with van der Waals surface area (Å²) in [5.74, 6) is 0.428. The highest BCUT2D eigenvalue weighted by atomic mass is 16.5. The van der Waals surface area contributed by atoms with E-state index in [1.54, 1.807) is 0 Å². The Kier molecular flexibility index (Phi) is 4.80. The lowest BCUT2D eigenvalue weighted by molar-refractivity contribution is -0.149. The van der Waals surface area contributed by atoms with E-state index in [1.807, 2.05) is 4.90 Å². The van der Waals surface area contributed by atoms with Crippen LogP contribution in [0.3, 0.4) is 0 Å². The number of hydrogen-bond donors (Lipinski definition) is 1. The predicted molar refractivity (Wildman–Crippen MR) is 71.5 cm³/mol. The molecule has 1 amide bonds. The van der Waals surface area contributed by atoms with Crippen molar-refractivity contribution in [1.82, 2.24) is 10.2 Å². The van der Waals surface area contributed by atoms with Gasteiger partial charge < -0.3 is 15.0 Å². The van der Waals surface area contributed by atoms with Crippen molar-refractivity contribution in [3.05, 3.63) is 0 Å². The van der Waals surface area contributed by atoms with Crippen LogP contribution in [0.4, 0.5) is 0 Å². The predicted octanol–water partition coefficient (Wildman–Crippen LogP) is 0.786. The van der Waals surface area contributed by atoms with Crippen LogP contribution in [0.1, 0.15) is 32.6 Å². The van der Waals surface area contributed by atoms with Gasteiger partial charge in [-0.1, -0.05) is 6.92 Å². The maximum atomic E-state index is 12.5. The number of carbonyl (C=O) groups excluding carboxylic acids is 2. The summed E-state index contributed by atoms with van der Waals surface area (Å²) in [5.41, 5.74) is 0. The topological polar surface area (TPSA) is 58.6 Å². The Labute approximate surface area is 114 Å². The lowest BCUT2D eigenvalue weighted by Crippen LogP contribution is -2.54. The molecule has 5 nitrogen and oxygen atoms in total. The zero-order valence-electron chi connectivity index (χ0n) is 11.9. The summed E-state index contributed by atoms with van der Waals surface area (Å²) in [7, 11) is 1.42.